The Morgan fingerprint density at radius 3 is 0.706 bits per heavy atom. The number of carboxylic acid groups (broad SMARTS) is 4. The number of halogens is 1. The van der Waals surface area contributed by atoms with E-state index in [1.165, 1.54) is 0 Å². The van der Waals surface area contributed by atoms with Gasteiger partial charge in [0, 0.05) is 24.3 Å². The second kappa shape index (κ2) is 11.7. The summed E-state index contributed by atoms with van der Waals surface area (Å²) in [5.41, 5.74) is 0. The van der Waals surface area contributed by atoms with Crippen LogP contribution < -0.4 is 0 Å². The van der Waals surface area contributed by atoms with Gasteiger partial charge in [0.25, 0.3) is 0 Å². The van der Waals surface area contributed by atoms with E-state index in [-0.39, 0.29) is 12.4 Å². The molecular formula is C8H9ClO8. The zero-order valence-corrected chi connectivity index (χ0v) is 8.96. The van der Waals surface area contributed by atoms with Crippen molar-refractivity contribution in [2.24, 2.45) is 0 Å². The van der Waals surface area contributed by atoms with Crippen molar-refractivity contribution >= 4 is 36.3 Å². The quantitative estimate of drug-likeness (QED) is 0.514. The molecule has 0 saturated carbocycles. The molecule has 0 bridgehead atoms. The van der Waals surface area contributed by atoms with Gasteiger partial charge in [-0.15, -0.1) is 12.4 Å². The average molecular weight is 269 g/mol. The molecule has 0 aliphatic heterocycles. The molecule has 0 radical (unpaired) electrons. The highest BCUT2D eigenvalue weighted by Gasteiger charge is 1.88. The molecule has 0 rings (SSSR count). The molecule has 0 saturated heterocycles. The summed E-state index contributed by atoms with van der Waals surface area (Å²) in [6.45, 7) is 0. The standard InChI is InChI=1S/2C4H4O4.ClH/c2*5-3(6)1-2-4(7)8;/h2*1-2H,(H,5,6)(H,7,8);1H. The van der Waals surface area contributed by atoms with Gasteiger partial charge in [0.1, 0.15) is 0 Å². The Morgan fingerprint density at radius 2 is 0.647 bits per heavy atom. The molecule has 0 aromatic rings. The van der Waals surface area contributed by atoms with Gasteiger partial charge < -0.3 is 20.4 Å². The van der Waals surface area contributed by atoms with Crippen LogP contribution >= 0.6 is 12.4 Å². The molecule has 0 spiro atoms. The Kier molecular flexibility index (Phi) is 13.9. The molecule has 0 amide bonds. The van der Waals surface area contributed by atoms with Crippen molar-refractivity contribution in [1.82, 2.24) is 0 Å². The first kappa shape index (κ1) is 20.1. The number of aliphatic carboxylic acids is 4. The van der Waals surface area contributed by atoms with Crippen molar-refractivity contribution < 1.29 is 39.6 Å². The lowest BCUT2D eigenvalue weighted by atomic mass is 10.5. The lowest BCUT2D eigenvalue weighted by Crippen LogP contribution is -1.91. The molecule has 0 aliphatic rings. The van der Waals surface area contributed by atoms with E-state index in [0.717, 1.165) is 0 Å². The summed E-state index contributed by atoms with van der Waals surface area (Å²) in [4.78, 5) is 38.2. The van der Waals surface area contributed by atoms with Crippen LogP contribution in [0.15, 0.2) is 24.3 Å². The summed E-state index contributed by atoms with van der Waals surface area (Å²) in [5.74, 6) is -5.03. The van der Waals surface area contributed by atoms with Crippen LogP contribution in [0.5, 0.6) is 0 Å². The molecule has 0 aromatic carbocycles. The lowest BCUT2D eigenvalue weighted by molar-refractivity contribution is -0.134. The van der Waals surface area contributed by atoms with Crippen LogP contribution in [0.4, 0.5) is 0 Å². The number of carboxylic acids is 4. The number of carbonyl (C=O) groups is 4. The lowest BCUT2D eigenvalue weighted by Gasteiger charge is -1.74. The van der Waals surface area contributed by atoms with E-state index in [9.17, 15) is 19.2 Å². The highest BCUT2D eigenvalue weighted by molar-refractivity contribution is 5.90. The molecule has 4 N–H and O–H groups in total. The monoisotopic (exact) mass is 268 g/mol. The predicted molar refractivity (Wildman–Crippen MR) is 56.1 cm³/mol. The van der Waals surface area contributed by atoms with Gasteiger partial charge in [-0.2, -0.15) is 0 Å². The van der Waals surface area contributed by atoms with Crippen LogP contribution in [-0.2, 0) is 19.2 Å². The minimum absolute atomic E-state index is 0. The van der Waals surface area contributed by atoms with Crippen molar-refractivity contribution in [2.75, 3.05) is 0 Å². The summed E-state index contributed by atoms with van der Waals surface area (Å²) in [7, 11) is 0. The third-order valence-corrected chi connectivity index (χ3v) is 0.737. The Bertz CT molecular complexity index is 277. The summed E-state index contributed by atoms with van der Waals surface area (Å²) in [6.07, 6.45) is 2.23. The van der Waals surface area contributed by atoms with Crippen molar-refractivity contribution in [3.8, 4) is 0 Å². The number of hydrogen-bond acceptors (Lipinski definition) is 4. The van der Waals surface area contributed by atoms with Crippen LogP contribution in [0.3, 0.4) is 0 Å². The van der Waals surface area contributed by atoms with Crippen molar-refractivity contribution in [2.45, 2.75) is 0 Å². The van der Waals surface area contributed by atoms with Gasteiger partial charge in [-0.25, -0.2) is 19.2 Å². The summed E-state index contributed by atoms with van der Waals surface area (Å²) < 4.78 is 0. The first-order valence-corrected chi connectivity index (χ1v) is 3.53. The largest absolute Gasteiger partial charge is 0.478 e. The Labute approximate surface area is 101 Å². The van der Waals surface area contributed by atoms with E-state index in [1.807, 2.05) is 0 Å². The first-order valence-electron chi connectivity index (χ1n) is 3.53. The molecule has 96 valence electrons. The van der Waals surface area contributed by atoms with Crippen LogP contribution in [0, 0.1) is 0 Å². The third-order valence-electron chi connectivity index (χ3n) is 0.737. The first-order chi connectivity index (χ1) is 7.25. The van der Waals surface area contributed by atoms with Crippen molar-refractivity contribution in [1.29, 1.82) is 0 Å². The molecule has 0 atom stereocenters. The highest BCUT2D eigenvalue weighted by atomic mass is 35.5. The van der Waals surface area contributed by atoms with Gasteiger partial charge in [-0.1, -0.05) is 0 Å². The van der Waals surface area contributed by atoms with Crippen LogP contribution in [0.25, 0.3) is 0 Å². The van der Waals surface area contributed by atoms with Crippen LogP contribution in [-0.4, -0.2) is 44.3 Å². The van der Waals surface area contributed by atoms with Gasteiger partial charge in [0.05, 0.1) is 0 Å². The van der Waals surface area contributed by atoms with Crippen molar-refractivity contribution in [3.63, 3.8) is 0 Å². The molecule has 8 nitrogen and oxygen atoms in total. The van der Waals surface area contributed by atoms with Gasteiger partial charge in [-0.3, -0.25) is 0 Å². The van der Waals surface area contributed by atoms with Gasteiger partial charge in [0.15, 0.2) is 0 Å². The fourth-order valence-electron chi connectivity index (χ4n) is 0.285. The third kappa shape index (κ3) is 31.7. The Morgan fingerprint density at radius 1 is 0.529 bits per heavy atom. The second-order valence-corrected chi connectivity index (χ2v) is 2.02. The maximum atomic E-state index is 9.55. The van der Waals surface area contributed by atoms with Crippen LogP contribution in [0.2, 0.25) is 0 Å². The van der Waals surface area contributed by atoms with E-state index in [2.05, 4.69) is 0 Å². The normalized spacial score (nSPS) is 8.94. The maximum Gasteiger partial charge on any atom is 0.328 e. The molecular weight excluding hydrogens is 260 g/mol. The SMILES string of the molecule is Cl.O=C(O)C=CC(=O)O.O=C(O)C=CC(=O)O. The molecule has 0 aliphatic carbocycles. The van der Waals surface area contributed by atoms with E-state index < -0.39 is 23.9 Å². The minimum Gasteiger partial charge on any atom is -0.478 e. The number of rotatable bonds is 4. The summed E-state index contributed by atoms with van der Waals surface area (Å²) in [6, 6.07) is 0. The Hall–Kier alpha value is -2.35. The molecule has 9 heteroatoms. The minimum atomic E-state index is -1.26. The highest BCUT2D eigenvalue weighted by Crippen LogP contribution is 1.71. The molecule has 0 fully saturated rings. The maximum absolute atomic E-state index is 9.55. The summed E-state index contributed by atoms with van der Waals surface area (Å²) >= 11 is 0. The van der Waals surface area contributed by atoms with Gasteiger partial charge >= 0.3 is 23.9 Å². The smallest absolute Gasteiger partial charge is 0.328 e. The van der Waals surface area contributed by atoms with E-state index >= 15 is 0 Å². The molecule has 0 unspecified atom stereocenters. The van der Waals surface area contributed by atoms with E-state index in [0.29, 0.717) is 24.3 Å². The van der Waals surface area contributed by atoms with E-state index in [1.54, 1.807) is 0 Å². The second-order valence-electron chi connectivity index (χ2n) is 2.02. The number of hydrogen-bond donors (Lipinski definition) is 4. The average Bonchev–Trinajstić information content (AvgIpc) is 2.12. The molecule has 0 heterocycles. The molecule has 0 aromatic heterocycles. The fraction of sp³-hybridized carbons (Fsp3) is 0. The predicted octanol–water partition coefficient (Wildman–Crippen LogP) is -0.155. The van der Waals surface area contributed by atoms with Crippen LogP contribution in [0.1, 0.15) is 0 Å². The van der Waals surface area contributed by atoms with E-state index in [4.69, 9.17) is 20.4 Å². The van der Waals surface area contributed by atoms with Crippen molar-refractivity contribution in [3.05, 3.63) is 24.3 Å². The zero-order chi connectivity index (χ0) is 13.1. The molecule has 17 heavy (non-hydrogen) atoms. The van der Waals surface area contributed by atoms with Gasteiger partial charge in [-0.05, 0) is 0 Å². The summed E-state index contributed by atoms with van der Waals surface area (Å²) in [5, 5.41) is 31.2. The Balaban J connectivity index is -0.000000218. The fourth-order valence-corrected chi connectivity index (χ4v) is 0.285. The zero-order valence-electron chi connectivity index (χ0n) is 8.14. The topological polar surface area (TPSA) is 149 Å². The van der Waals surface area contributed by atoms with Gasteiger partial charge in [0.2, 0.25) is 0 Å².